The van der Waals surface area contributed by atoms with Crippen molar-refractivity contribution in [1.29, 1.82) is 0 Å². The summed E-state index contributed by atoms with van der Waals surface area (Å²) in [4.78, 5) is 29.7. The normalized spacial score (nSPS) is 11.7. The number of carbonyl (C=O) groups excluding carboxylic acids is 2. The summed E-state index contributed by atoms with van der Waals surface area (Å²) in [5, 5.41) is 2.18. The zero-order valence-electron chi connectivity index (χ0n) is 18.0. The lowest BCUT2D eigenvalue weighted by atomic mass is 10.1. The number of methoxy groups -OCH3 is 3. The molecule has 32 heavy (non-hydrogen) atoms. The van der Waals surface area contributed by atoms with Crippen LogP contribution in [0.15, 0.2) is 59.6 Å². The van der Waals surface area contributed by atoms with Crippen molar-refractivity contribution in [3.05, 3.63) is 65.0 Å². The van der Waals surface area contributed by atoms with Gasteiger partial charge in [-0.3, -0.25) is 9.59 Å². The summed E-state index contributed by atoms with van der Waals surface area (Å²) in [5.74, 6) is 0.374. The molecule has 0 aliphatic rings. The van der Waals surface area contributed by atoms with Gasteiger partial charge >= 0.3 is 5.97 Å². The number of ether oxygens (including phenoxy) is 3. The first kappa shape index (κ1) is 21.6. The molecule has 0 aliphatic carbocycles. The molecule has 7 nitrogen and oxygen atoms in total. The first-order valence-corrected chi connectivity index (χ1v) is 10.7. The second-order valence-electron chi connectivity index (χ2n) is 7.06. The van der Waals surface area contributed by atoms with E-state index in [9.17, 15) is 9.59 Å². The van der Waals surface area contributed by atoms with E-state index in [0.717, 1.165) is 21.0 Å². The molecule has 0 fully saturated rings. The summed E-state index contributed by atoms with van der Waals surface area (Å²) in [6.07, 6.45) is 0.144. The highest BCUT2D eigenvalue weighted by Gasteiger charge is 2.18. The van der Waals surface area contributed by atoms with E-state index in [0.29, 0.717) is 21.8 Å². The molecule has 0 atom stereocenters. The number of carbonyl (C=O) groups is 2. The number of fused-ring (bicyclic) bond motifs is 2. The standard InChI is InChI=1S/C24H22N2O5S/c1-29-18-10-11-19(30-2)23-22(18)26(14-21(28)31-3)24(32-23)25-20(27)13-15-8-9-16-6-4-5-7-17(16)12-15/h4-12H,13-14H2,1-3H3. The van der Waals surface area contributed by atoms with Crippen molar-refractivity contribution in [3.63, 3.8) is 0 Å². The number of amides is 1. The predicted molar refractivity (Wildman–Crippen MR) is 123 cm³/mol. The summed E-state index contributed by atoms with van der Waals surface area (Å²) in [6.45, 7) is -0.109. The van der Waals surface area contributed by atoms with Gasteiger partial charge in [0.05, 0.1) is 27.8 Å². The molecule has 0 unspecified atom stereocenters. The number of rotatable bonds is 6. The Bertz CT molecular complexity index is 1390. The van der Waals surface area contributed by atoms with E-state index in [1.165, 1.54) is 18.4 Å². The fourth-order valence-electron chi connectivity index (χ4n) is 3.55. The lowest BCUT2D eigenvalue weighted by molar-refractivity contribution is -0.141. The van der Waals surface area contributed by atoms with E-state index in [-0.39, 0.29) is 18.9 Å². The summed E-state index contributed by atoms with van der Waals surface area (Å²) < 4.78 is 18.2. The number of aromatic nitrogens is 1. The van der Waals surface area contributed by atoms with Gasteiger partial charge < -0.3 is 18.8 Å². The Morgan fingerprint density at radius 2 is 1.66 bits per heavy atom. The molecule has 0 bridgehead atoms. The number of hydrogen-bond donors (Lipinski definition) is 0. The molecule has 4 rings (SSSR count). The van der Waals surface area contributed by atoms with E-state index in [1.54, 1.807) is 30.9 Å². The minimum atomic E-state index is -0.460. The second kappa shape index (κ2) is 9.23. The molecule has 4 aromatic rings. The molecule has 1 aromatic heterocycles. The van der Waals surface area contributed by atoms with E-state index >= 15 is 0 Å². The Balaban J connectivity index is 1.79. The Morgan fingerprint density at radius 1 is 0.938 bits per heavy atom. The second-order valence-corrected chi connectivity index (χ2v) is 8.04. The molecule has 1 amide bonds. The van der Waals surface area contributed by atoms with Gasteiger partial charge in [0.1, 0.15) is 28.3 Å². The van der Waals surface area contributed by atoms with Crippen molar-refractivity contribution in [2.75, 3.05) is 21.3 Å². The highest BCUT2D eigenvalue weighted by molar-refractivity contribution is 7.16. The largest absolute Gasteiger partial charge is 0.495 e. The van der Waals surface area contributed by atoms with Crippen LogP contribution in [0.25, 0.3) is 21.0 Å². The minimum absolute atomic E-state index is 0.109. The Kier molecular flexibility index (Phi) is 6.23. The summed E-state index contributed by atoms with van der Waals surface area (Å²) >= 11 is 1.26. The lowest BCUT2D eigenvalue weighted by Crippen LogP contribution is -2.23. The third-order valence-corrected chi connectivity index (χ3v) is 6.19. The van der Waals surface area contributed by atoms with Crippen LogP contribution in [-0.4, -0.2) is 37.8 Å². The van der Waals surface area contributed by atoms with E-state index in [2.05, 4.69) is 4.99 Å². The smallest absolute Gasteiger partial charge is 0.325 e. The van der Waals surface area contributed by atoms with E-state index in [4.69, 9.17) is 14.2 Å². The first-order valence-electron chi connectivity index (χ1n) is 9.90. The highest BCUT2D eigenvalue weighted by Crippen LogP contribution is 2.35. The predicted octanol–water partition coefficient (Wildman–Crippen LogP) is 3.72. The SMILES string of the molecule is COC(=O)Cn1c(=NC(=O)Cc2ccc3ccccc3c2)sc2c(OC)ccc(OC)c21. The maximum Gasteiger partial charge on any atom is 0.325 e. The number of benzene rings is 3. The van der Waals surface area contributed by atoms with Crippen LogP contribution < -0.4 is 14.3 Å². The third-order valence-electron chi connectivity index (χ3n) is 5.10. The molecule has 0 aliphatic heterocycles. The van der Waals surface area contributed by atoms with Gasteiger partial charge in [-0.05, 0) is 28.5 Å². The van der Waals surface area contributed by atoms with Crippen LogP contribution in [0, 0.1) is 0 Å². The van der Waals surface area contributed by atoms with Crippen LogP contribution in [0.4, 0.5) is 0 Å². The third kappa shape index (κ3) is 4.22. The Morgan fingerprint density at radius 3 is 2.38 bits per heavy atom. The molecule has 0 radical (unpaired) electrons. The van der Waals surface area contributed by atoms with Crippen LogP contribution in [0.5, 0.6) is 11.5 Å². The fraction of sp³-hybridized carbons (Fsp3) is 0.208. The molecule has 0 N–H and O–H groups in total. The zero-order valence-corrected chi connectivity index (χ0v) is 18.8. The van der Waals surface area contributed by atoms with E-state index in [1.807, 2.05) is 42.5 Å². The van der Waals surface area contributed by atoms with E-state index < -0.39 is 5.97 Å². The summed E-state index contributed by atoms with van der Waals surface area (Å²) in [7, 11) is 4.42. The van der Waals surface area contributed by atoms with Gasteiger partial charge in [0.15, 0.2) is 4.80 Å². The number of esters is 1. The van der Waals surface area contributed by atoms with Crippen LogP contribution in [-0.2, 0) is 27.3 Å². The van der Waals surface area contributed by atoms with Gasteiger partial charge in [-0.25, -0.2) is 0 Å². The molecule has 0 spiro atoms. The summed E-state index contributed by atoms with van der Waals surface area (Å²) in [6, 6.07) is 17.4. The molecule has 3 aromatic carbocycles. The quantitative estimate of drug-likeness (QED) is 0.419. The fourth-order valence-corrected chi connectivity index (χ4v) is 4.70. The van der Waals surface area contributed by atoms with Gasteiger partial charge in [0.2, 0.25) is 0 Å². The van der Waals surface area contributed by atoms with Crippen molar-refractivity contribution in [3.8, 4) is 11.5 Å². The van der Waals surface area contributed by atoms with Crippen LogP contribution in [0.3, 0.4) is 0 Å². The monoisotopic (exact) mass is 450 g/mol. The van der Waals surface area contributed by atoms with Crippen LogP contribution >= 0.6 is 11.3 Å². The topological polar surface area (TPSA) is 79.1 Å². The molecule has 1 heterocycles. The van der Waals surface area contributed by atoms with Gasteiger partial charge in [-0.2, -0.15) is 4.99 Å². The molecule has 0 saturated carbocycles. The van der Waals surface area contributed by atoms with Gasteiger partial charge in [-0.15, -0.1) is 0 Å². The van der Waals surface area contributed by atoms with Crippen molar-refractivity contribution >= 4 is 44.2 Å². The minimum Gasteiger partial charge on any atom is -0.495 e. The number of thiazole rings is 1. The van der Waals surface area contributed by atoms with Crippen molar-refractivity contribution < 1.29 is 23.8 Å². The lowest BCUT2D eigenvalue weighted by Gasteiger charge is -2.09. The average Bonchev–Trinajstić information content (AvgIpc) is 3.15. The van der Waals surface area contributed by atoms with Crippen molar-refractivity contribution in [2.24, 2.45) is 4.99 Å². The molecular weight excluding hydrogens is 428 g/mol. The number of nitrogens with zero attached hydrogens (tertiary/aromatic N) is 2. The molecule has 8 heteroatoms. The van der Waals surface area contributed by atoms with Crippen LogP contribution in [0.2, 0.25) is 0 Å². The number of hydrogen-bond acceptors (Lipinski definition) is 6. The summed E-state index contributed by atoms with van der Waals surface area (Å²) in [5.41, 5.74) is 1.49. The molecule has 164 valence electrons. The van der Waals surface area contributed by atoms with Crippen molar-refractivity contribution in [1.82, 2.24) is 4.57 Å². The Labute approximate surface area is 188 Å². The maximum atomic E-state index is 12.9. The van der Waals surface area contributed by atoms with Crippen molar-refractivity contribution in [2.45, 2.75) is 13.0 Å². The average molecular weight is 451 g/mol. The molecular formula is C24H22N2O5S. The van der Waals surface area contributed by atoms with Crippen LogP contribution in [0.1, 0.15) is 5.56 Å². The van der Waals surface area contributed by atoms with Gasteiger partial charge in [-0.1, -0.05) is 53.8 Å². The van der Waals surface area contributed by atoms with Gasteiger partial charge in [0, 0.05) is 0 Å². The highest BCUT2D eigenvalue weighted by atomic mass is 32.1. The first-order chi connectivity index (χ1) is 15.5. The Hall–Kier alpha value is -3.65. The maximum absolute atomic E-state index is 12.9. The molecule has 0 saturated heterocycles. The zero-order chi connectivity index (χ0) is 22.7. The van der Waals surface area contributed by atoms with Gasteiger partial charge in [0.25, 0.3) is 5.91 Å².